The molecule has 0 aliphatic carbocycles. The minimum Gasteiger partial charge on any atom is -0.508 e. The van der Waals surface area contributed by atoms with Crippen molar-refractivity contribution in [3.8, 4) is 5.75 Å². The highest BCUT2D eigenvalue weighted by molar-refractivity contribution is 5.85. The van der Waals surface area contributed by atoms with E-state index < -0.39 is 17.6 Å². The van der Waals surface area contributed by atoms with Gasteiger partial charge in [0.2, 0.25) is 0 Å². The van der Waals surface area contributed by atoms with Crippen molar-refractivity contribution >= 4 is 16.9 Å². The number of phenols is 1. The summed E-state index contributed by atoms with van der Waals surface area (Å²) in [5, 5.41) is 21.5. The van der Waals surface area contributed by atoms with E-state index in [4.69, 9.17) is 9.15 Å². The third-order valence-electron chi connectivity index (χ3n) is 4.82. The molecule has 0 saturated carbocycles. The number of carbonyl (C=O) groups is 1. The Hall–Kier alpha value is -4.01. The molecule has 2 aromatic carbocycles. The molecule has 0 fully saturated rings. The van der Waals surface area contributed by atoms with E-state index in [1.807, 2.05) is 30.3 Å². The van der Waals surface area contributed by atoms with E-state index in [0.29, 0.717) is 22.9 Å². The maximum atomic E-state index is 12.9. The number of hydrogen-bond acceptors (Lipinski definition) is 8. The molecule has 2 aromatic heterocycles. The molecule has 0 amide bonds. The van der Waals surface area contributed by atoms with Crippen LogP contribution in [0, 0.1) is 6.92 Å². The number of hydrogen-bond donors (Lipinski definition) is 1. The Labute approximate surface area is 170 Å². The Bertz CT molecular complexity index is 1240. The van der Waals surface area contributed by atoms with Gasteiger partial charge in [0.1, 0.15) is 24.3 Å². The average molecular weight is 406 g/mol. The third-order valence-corrected chi connectivity index (χ3v) is 4.82. The van der Waals surface area contributed by atoms with Gasteiger partial charge in [-0.3, -0.25) is 0 Å². The first-order chi connectivity index (χ1) is 14.5. The number of rotatable bonds is 6. The van der Waals surface area contributed by atoms with Gasteiger partial charge in [-0.25, -0.2) is 14.3 Å². The molecule has 0 spiro atoms. The van der Waals surface area contributed by atoms with Crippen LogP contribution in [0.4, 0.5) is 0 Å². The first kappa shape index (κ1) is 19.3. The van der Waals surface area contributed by atoms with Crippen LogP contribution in [-0.4, -0.2) is 31.3 Å². The molecular weight excluding hydrogens is 388 g/mol. The molecule has 9 heteroatoms. The first-order valence-corrected chi connectivity index (χ1v) is 9.21. The lowest BCUT2D eigenvalue weighted by Crippen LogP contribution is -2.25. The monoisotopic (exact) mass is 406 g/mol. The molecule has 9 nitrogen and oxygen atoms in total. The summed E-state index contributed by atoms with van der Waals surface area (Å²) in [5.41, 5.74) is 1.51. The predicted octanol–water partition coefficient (Wildman–Crippen LogP) is 2.32. The summed E-state index contributed by atoms with van der Waals surface area (Å²) < 4.78 is 12.1. The van der Waals surface area contributed by atoms with E-state index in [1.54, 1.807) is 13.0 Å². The highest BCUT2D eigenvalue weighted by Gasteiger charge is 2.24. The van der Waals surface area contributed by atoms with Crippen molar-refractivity contribution in [2.75, 3.05) is 0 Å². The Morgan fingerprint density at radius 1 is 1.23 bits per heavy atom. The molecule has 0 radical (unpaired) electrons. The summed E-state index contributed by atoms with van der Waals surface area (Å²) in [6, 6.07) is 13.1. The number of carbonyl (C=O) groups excluding carboxylic acids is 1. The quantitative estimate of drug-likeness (QED) is 0.383. The highest BCUT2D eigenvalue weighted by atomic mass is 16.5. The second-order valence-corrected chi connectivity index (χ2v) is 6.78. The number of nitrogens with zero attached hydrogens (tertiary/aromatic N) is 4. The molecule has 0 saturated heterocycles. The largest absolute Gasteiger partial charge is 0.508 e. The van der Waals surface area contributed by atoms with Gasteiger partial charge in [0.15, 0.2) is 6.04 Å². The topological polar surface area (TPSA) is 120 Å². The summed E-state index contributed by atoms with van der Waals surface area (Å²) in [7, 11) is 0. The SMILES string of the molecule is Cc1c(O)ccc2c(COC(=O)[C@@H](Cc3ccccc3)n3cnnn3)cc(=O)oc12. The van der Waals surface area contributed by atoms with Gasteiger partial charge in [0.25, 0.3) is 0 Å². The Morgan fingerprint density at radius 2 is 2.03 bits per heavy atom. The number of tetrazole rings is 1. The zero-order valence-electron chi connectivity index (χ0n) is 16.1. The molecular formula is C21H18N4O5. The Kier molecular flexibility index (Phi) is 5.25. The molecule has 1 atom stereocenters. The van der Waals surface area contributed by atoms with Gasteiger partial charge in [-0.1, -0.05) is 30.3 Å². The van der Waals surface area contributed by atoms with Gasteiger partial charge in [-0.15, -0.1) is 5.10 Å². The summed E-state index contributed by atoms with van der Waals surface area (Å²) >= 11 is 0. The fraction of sp³-hybridized carbons (Fsp3) is 0.190. The van der Waals surface area contributed by atoms with Crippen molar-refractivity contribution in [3.63, 3.8) is 0 Å². The van der Waals surface area contributed by atoms with Gasteiger partial charge in [-0.2, -0.15) is 0 Å². The predicted molar refractivity (Wildman–Crippen MR) is 106 cm³/mol. The number of aromatic hydroxyl groups is 1. The normalized spacial score (nSPS) is 12.0. The lowest BCUT2D eigenvalue weighted by atomic mass is 10.1. The van der Waals surface area contributed by atoms with Crippen molar-refractivity contribution in [2.45, 2.75) is 26.0 Å². The lowest BCUT2D eigenvalue weighted by Gasteiger charge is -2.16. The summed E-state index contributed by atoms with van der Waals surface area (Å²) in [4.78, 5) is 24.8. The van der Waals surface area contributed by atoms with Gasteiger partial charge < -0.3 is 14.3 Å². The van der Waals surface area contributed by atoms with Gasteiger partial charge >= 0.3 is 11.6 Å². The van der Waals surface area contributed by atoms with Crippen molar-refractivity contribution < 1.29 is 19.1 Å². The summed E-state index contributed by atoms with van der Waals surface area (Å²) in [6.07, 6.45) is 1.70. The fourth-order valence-corrected chi connectivity index (χ4v) is 3.21. The smallest absolute Gasteiger partial charge is 0.336 e. The van der Waals surface area contributed by atoms with E-state index in [1.165, 1.54) is 23.1 Å². The zero-order valence-corrected chi connectivity index (χ0v) is 16.1. The van der Waals surface area contributed by atoms with Crippen LogP contribution in [0.5, 0.6) is 5.75 Å². The number of ether oxygens (including phenoxy) is 1. The van der Waals surface area contributed by atoms with Crippen LogP contribution in [0.2, 0.25) is 0 Å². The molecule has 4 aromatic rings. The van der Waals surface area contributed by atoms with E-state index >= 15 is 0 Å². The lowest BCUT2D eigenvalue weighted by molar-refractivity contribution is -0.149. The number of fused-ring (bicyclic) bond motifs is 1. The number of aromatic nitrogens is 4. The van der Waals surface area contributed by atoms with Gasteiger partial charge in [0.05, 0.1) is 0 Å². The fourth-order valence-electron chi connectivity index (χ4n) is 3.21. The zero-order chi connectivity index (χ0) is 21.1. The highest BCUT2D eigenvalue weighted by Crippen LogP contribution is 2.28. The number of benzene rings is 2. The summed E-state index contributed by atoms with van der Waals surface area (Å²) in [6.45, 7) is 1.50. The van der Waals surface area contributed by atoms with E-state index in [9.17, 15) is 14.7 Å². The van der Waals surface area contributed by atoms with Crippen LogP contribution in [-0.2, 0) is 22.6 Å². The molecule has 4 rings (SSSR count). The van der Waals surface area contributed by atoms with Gasteiger partial charge in [-0.05, 0) is 35.0 Å². The molecule has 152 valence electrons. The van der Waals surface area contributed by atoms with Crippen molar-refractivity contribution in [2.24, 2.45) is 0 Å². The minimum atomic E-state index is -0.764. The van der Waals surface area contributed by atoms with E-state index in [-0.39, 0.29) is 17.9 Å². The molecule has 0 aliphatic rings. The Morgan fingerprint density at radius 3 is 2.77 bits per heavy atom. The van der Waals surface area contributed by atoms with Crippen LogP contribution in [0.1, 0.15) is 22.7 Å². The van der Waals surface area contributed by atoms with Crippen LogP contribution in [0.15, 0.2) is 64.1 Å². The van der Waals surface area contributed by atoms with E-state index in [0.717, 1.165) is 5.56 Å². The molecule has 0 bridgehead atoms. The standard InChI is InChI=1S/C21H18N4O5/c1-13-18(26)8-7-16-15(10-19(27)30-20(13)16)11-29-21(28)17(25-12-22-23-24-25)9-14-5-3-2-4-6-14/h2-8,10,12,17,26H,9,11H2,1H3/t17-/m1/s1. The average Bonchev–Trinajstić information content (AvgIpc) is 3.28. The van der Waals surface area contributed by atoms with Crippen molar-refractivity contribution in [1.29, 1.82) is 0 Å². The van der Waals surface area contributed by atoms with E-state index in [2.05, 4.69) is 15.5 Å². The molecule has 2 heterocycles. The molecule has 0 unspecified atom stereocenters. The van der Waals surface area contributed by atoms with Gasteiger partial charge in [0, 0.05) is 29.0 Å². The molecule has 1 N–H and O–H groups in total. The minimum absolute atomic E-state index is 0.0152. The first-order valence-electron chi connectivity index (χ1n) is 9.21. The summed E-state index contributed by atoms with van der Waals surface area (Å²) in [5.74, 6) is -0.524. The number of phenolic OH excluding ortho intramolecular Hbond substituents is 1. The van der Waals surface area contributed by atoms with Crippen molar-refractivity contribution in [1.82, 2.24) is 20.2 Å². The second-order valence-electron chi connectivity index (χ2n) is 6.78. The van der Waals surface area contributed by atoms with Crippen molar-refractivity contribution in [3.05, 3.63) is 82.0 Å². The van der Waals surface area contributed by atoms with Crippen LogP contribution in [0.25, 0.3) is 11.0 Å². The maximum absolute atomic E-state index is 12.9. The maximum Gasteiger partial charge on any atom is 0.336 e. The Balaban J connectivity index is 1.60. The molecule has 0 aliphatic heterocycles. The van der Waals surface area contributed by atoms with Crippen LogP contribution >= 0.6 is 0 Å². The van der Waals surface area contributed by atoms with Crippen LogP contribution < -0.4 is 5.63 Å². The van der Waals surface area contributed by atoms with Crippen LogP contribution in [0.3, 0.4) is 0 Å². The second kappa shape index (κ2) is 8.16. The number of aryl methyl sites for hydroxylation is 1. The number of esters is 1. The molecule has 30 heavy (non-hydrogen) atoms. The third kappa shape index (κ3) is 3.90.